The Morgan fingerprint density at radius 1 is 1.55 bits per heavy atom. The van der Waals surface area contributed by atoms with Crippen molar-refractivity contribution in [2.24, 2.45) is 0 Å². The first kappa shape index (κ1) is 8.01. The smallest absolute Gasteiger partial charge is 0.248 e. The first-order valence-electron chi connectivity index (χ1n) is 3.41. The lowest BCUT2D eigenvalue weighted by atomic mass is 10.2. The Bertz CT molecular complexity index is 290. The summed E-state index contributed by atoms with van der Waals surface area (Å²) in [6.45, 7) is 2.34. The number of H-pyrrole nitrogens is 1. The summed E-state index contributed by atoms with van der Waals surface area (Å²) >= 11 is 0. The topological polar surface area (TPSA) is 42.1 Å². The second-order valence-corrected chi connectivity index (χ2v) is 2.48. The number of ether oxygens (including phenoxy) is 1. The molecule has 0 atom stereocenters. The molecule has 0 radical (unpaired) electrons. The third-order valence-corrected chi connectivity index (χ3v) is 1.34. The maximum absolute atomic E-state index is 10.9. The van der Waals surface area contributed by atoms with Crippen molar-refractivity contribution in [2.45, 2.75) is 13.5 Å². The molecule has 0 saturated carbocycles. The van der Waals surface area contributed by atoms with Crippen molar-refractivity contribution in [3.8, 4) is 0 Å². The van der Waals surface area contributed by atoms with Gasteiger partial charge in [0.1, 0.15) is 0 Å². The number of aromatic amines is 1. The Hall–Kier alpha value is -1.09. The molecule has 0 fully saturated rings. The zero-order valence-corrected chi connectivity index (χ0v) is 6.68. The largest absolute Gasteiger partial charge is 0.378 e. The molecule has 11 heavy (non-hydrogen) atoms. The molecule has 60 valence electrons. The molecule has 0 amide bonds. The van der Waals surface area contributed by atoms with Crippen LogP contribution in [-0.4, -0.2) is 12.1 Å². The lowest BCUT2D eigenvalue weighted by Gasteiger charge is -1.99. The van der Waals surface area contributed by atoms with Gasteiger partial charge in [-0.1, -0.05) is 0 Å². The van der Waals surface area contributed by atoms with Crippen LogP contribution in [0.25, 0.3) is 0 Å². The number of hydrogen-bond donors (Lipinski definition) is 1. The molecule has 0 aliphatic carbocycles. The number of methoxy groups -OCH3 is 1. The maximum Gasteiger partial charge on any atom is 0.248 e. The van der Waals surface area contributed by atoms with Gasteiger partial charge >= 0.3 is 0 Å². The van der Waals surface area contributed by atoms with E-state index >= 15 is 0 Å². The Labute approximate surface area is 65.0 Å². The van der Waals surface area contributed by atoms with Crippen LogP contribution >= 0.6 is 0 Å². The molecular weight excluding hydrogens is 142 g/mol. The lowest BCUT2D eigenvalue weighted by Crippen LogP contribution is -2.08. The van der Waals surface area contributed by atoms with Crippen LogP contribution in [-0.2, 0) is 11.3 Å². The summed E-state index contributed by atoms with van der Waals surface area (Å²) in [6, 6.07) is 3.45. The number of pyridine rings is 1. The minimum absolute atomic E-state index is 0.0722. The maximum atomic E-state index is 10.9. The van der Waals surface area contributed by atoms with Gasteiger partial charge in [-0.3, -0.25) is 4.79 Å². The highest BCUT2D eigenvalue weighted by Gasteiger charge is 1.93. The van der Waals surface area contributed by atoms with E-state index in [2.05, 4.69) is 4.98 Å². The molecule has 1 N–H and O–H groups in total. The molecule has 3 nitrogen and oxygen atoms in total. The van der Waals surface area contributed by atoms with Crippen LogP contribution in [0.2, 0.25) is 0 Å². The van der Waals surface area contributed by atoms with Gasteiger partial charge in [0.25, 0.3) is 0 Å². The summed E-state index contributed by atoms with van der Waals surface area (Å²) in [6.07, 6.45) is 0. The molecular formula is C8H11NO2. The van der Waals surface area contributed by atoms with Crippen LogP contribution in [0.3, 0.4) is 0 Å². The van der Waals surface area contributed by atoms with Gasteiger partial charge in [0.2, 0.25) is 5.56 Å². The quantitative estimate of drug-likeness (QED) is 0.683. The second-order valence-electron chi connectivity index (χ2n) is 2.48. The minimum atomic E-state index is -0.0722. The highest BCUT2D eigenvalue weighted by Crippen LogP contribution is 1.97. The van der Waals surface area contributed by atoms with Crippen molar-refractivity contribution in [3.05, 3.63) is 33.7 Å². The van der Waals surface area contributed by atoms with Crippen molar-refractivity contribution in [1.82, 2.24) is 4.98 Å². The summed E-state index contributed by atoms with van der Waals surface area (Å²) in [4.78, 5) is 13.5. The van der Waals surface area contributed by atoms with Crippen molar-refractivity contribution < 1.29 is 4.74 Å². The van der Waals surface area contributed by atoms with Gasteiger partial charge in [-0.05, 0) is 18.6 Å². The van der Waals surface area contributed by atoms with Gasteiger partial charge in [-0.15, -0.1) is 0 Å². The van der Waals surface area contributed by atoms with Gasteiger partial charge in [-0.25, -0.2) is 0 Å². The molecule has 0 spiro atoms. The van der Waals surface area contributed by atoms with E-state index in [1.165, 1.54) is 0 Å². The molecule has 0 unspecified atom stereocenters. The molecule has 0 saturated heterocycles. The third kappa shape index (κ3) is 2.20. The van der Waals surface area contributed by atoms with Crippen molar-refractivity contribution >= 4 is 0 Å². The predicted octanol–water partition coefficient (Wildman–Crippen LogP) is 0.830. The van der Waals surface area contributed by atoms with E-state index in [4.69, 9.17) is 4.74 Å². The third-order valence-electron chi connectivity index (χ3n) is 1.34. The standard InChI is InChI=1S/C8H11NO2/c1-6-3-7(5-11-2)9-8(10)4-6/h3-4H,5H2,1-2H3,(H,9,10). The minimum Gasteiger partial charge on any atom is -0.378 e. The predicted molar refractivity (Wildman–Crippen MR) is 42.5 cm³/mol. The summed E-state index contributed by atoms with van der Waals surface area (Å²) in [7, 11) is 1.60. The Morgan fingerprint density at radius 2 is 2.27 bits per heavy atom. The molecule has 1 aromatic rings. The zero-order valence-electron chi connectivity index (χ0n) is 6.68. The normalized spacial score (nSPS) is 10.0. The van der Waals surface area contributed by atoms with E-state index in [0.29, 0.717) is 6.61 Å². The van der Waals surface area contributed by atoms with Crippen LogP contribution in [0, 0.1) is 6.92 Å². The molecule has 0 aliphatic rings. The van der Waals surface area contributed by atoms with E-state index in [-0.39, 0.29) is 5.56 Å². The van der Waals surface area contributed by atoms with Crippen LogP contribution < -0.4 is 5.56 Å². The summed E-state index contributed by atoms with van der Waals surface area (Å²) < 4.78 is 4.87. The molecule has 0 bridgehead atoms. The SMILES string of the molecule is COCc1cc(C)cc(=O)[nH]1. The average molecular weight is 153 g/mol. The summed E-state index contributed by atoms with van der Waals surface area (Å²) in [5, 5.41) is 0. The fourth-order valence-electron chi connectivity index (χ4n) is 0.987. The number of hydrogen-bond acceptors (Lipinski definition) is 2. The molecule has 0 aliphatic heterocycles. The monoisotopic (exact) mass is 153 g/mol. The van der Waals surface area contributed by atoms with E-state index in [1.54, 1.807) is 13.2 Å². The van der Waals surface area contributed by atoms with Gasteiger partial charge in [0, 0.05) is 18.9 Å². The van der Waals surface area contributed by atoms with Gasteiger partial charge in [-0.2, -0.15) is 0 Å². The fraction of sp³-hybridized carbons (Fsp3) is 0.375. The Morgan fingerprint density at radius 3 is 2.82 bits per heavy atom. The number of aryl methyl sites for hydroxylation is 1. The first-order chi connectivity index (χ1) is 5.22. The Kier molecular flexibility index (Phi) is 2.44. The van der Waals surface area contributed by atoms with Crippen molar-refractivity contribution in [3.63, 3.8) is 0 Å². The molecule has 3 heteroatoms. The fourth-order valence-corrected chi connectivity index (χ4v) is 0.987. The Balaban J connectivity index is 2.99. The van der Waals surface area contributed by atoms with Gasteiger partial charge in [0.05, 0.1) is 6.61 Å². The van der Waals surface area contributed by atoms with Crippen LogP contribution in [0.4, 0.5) is 0 Å². The van der Waals surface area contributed by atoms with Crippen molar-refractivity contribution in [2.75, 3.05) is 7.11 Å². The second kappa shape index (κ2) is 3.34. The van der Waals surface area contributed by atoms with E-state index < -0.39 is 0 Å². The molecule has 0 aromatic carbocycles. The molecule has 1 aromatic heterocycles. The van der Waals surface area contributed by atoms with Crippen LogP contribution in [0.1, 0.15) is 11.3 Å². The van der Waals surface area contributed by atoms with Gasteiger partial charge in [0.15, 0.2) is 0 Å². The zero-order chi connectivity index (χ0) is 8.27. The highest BCUT2D eigenvalue weighted by atomic mass is 16.5. The lowest BCUT2D eigenvalue weighted by molar-refractivity contribution is 0.181. The van der Waals surface area contributed by atoms with Gasteiger partial charge < -0.3 is 9.72 Å². The first-order valence-corrected chi connectivity index (χ1v) is 3.41. The summed E-state index contributed by atoms with van der Waals surface area (Å²) in [5.74, 6) is 0. The molecule has 1 rings (SSSR count). The highest BCUT2D eigenvalue weighted by molar-refractivity contribution is 5.13. The van der Waals surface area contributed by atoms with E-state index in [9.17, 15) is 4.79 Å². The van der Waals surface area contributed by atoms with Crippen LogP contribution in [0.15, 0.2) is 16.9 Å². The van der Waals surface area contributed by atoms with Crippen molar-refractivity contribution in [1.29, 1.82) is 0 Å². The number of rotatable bonds is 2. The summed E-state index contributed by atoms with van der Waals surface area (Å²) in [5.41, 5.74) is 1.70. The van der Waals surface area contributed by atoms with E-state index in [1.807, 2.05) is 13.0 Å². The van der Waals surface area contributed by atoms with Crippen LogP contribution in [0.5, 0.6) is 0 Å². The molecule has 1 heterocycles. The van der Waals surface area contributed by atoms with E-state index in [0.717, 1.165) is 11.3 Å². The number of nitrogens with one attached hydrogen (secondary N) is 1. The number of aromatic nitrogens is 1. The average Bonchev–Trinajstić information content (AvgIpc) is 1.85.